The highest BCUT2D eigenvalue weighted by molar-refractivity contribution is 5.13. The van der Waals surface area contributed by atoms with E-state index >= 15 is 0 Å². The Balaban J connectivity index is 1.42. The average Bonchev–Trinajstić information content (AvgIpc) is 3.17. The maximum Gasteiger partial charge on any atom is 0.124 e. The normalized spacial score (nSPS) is 14.7. The second-order valence-electron chi connectivity index (χ2n) is 5.00. The average molecular weight is 257 g/mol. The maximum absolute atomic E-state index is 5.66. The fourth-order valence-electron chi connectivity index (χ4n) is 1.95. The molecule has 1 aromatic heterocycles. The highest BCUT2D eigenvalue weighted by Gasteiger charge is 2.20. The Hall–Kier alpha value is -1.65. The Morgan fingerprint density at radius 3 is 2.89 bits per heavy atom. The summed E-state index contributed by atoms with van der Waals surface area (Å²) in [7, 11) is 0. The lowest BCUT2D eigenvalue weighted by atomic mass is 10.2. The zero-order chi connectivity index (χ0) is 12.9. The molecule has 100 valence electrons. The van der Waals surface area contributed by atoms with Crippen molar-refractivity contribution in [2.75, 3.05) is 0 Å². The van der Waals surface area contributed by atoms with Gasteiger partial charge in [-0.05, 0) is 18.4 Å². The van der Waals surface area contributed by atoms with Gasteiger partial charge in [-0.25, -0.2) is 4.98 Å². The number of hydrogen-bond donors (Lipinski definition) is 1. The van der Waals surface area contributed by atoms with Gasteiger partial charge in [0.1, 0.15) is 6.73 Å². The summed E-state index contributed by atoms with van der Waals surface area (Å²) in [4.78, 5) is 4.36. The van der Waals surface area contributed by atoms with Crippen molar-refractivity contribution in [2.45, 2.75) is 38.8 Å². The fraction of sp³-hybridized carbons (Fsp3) is 0.400. The number of ether oxygens (including phenoxy) is 1. The number of aromatic nitrogens is 2. The van der Waals surface area contributed by atoms with E-state index in [1.807, 2.05) is 35.3 Å². The van der Waals surface area contributed by atoms with Gasteiger partial charge in [-0.3, -0.25) is 0 Å². The first-order valence-corrected chi connectivity index (χ1v) is 6.76. The molecule has 0 unspecified atom stereocenters. The van der Waals surface area contributed by atoms with Crippen LogP contribution in [0.2, 0.25) is 0 Å². The van der Waals surface area contributed by atoms with Crippen LogP contribution in [0.15, 0.2) is 42.9 Å². The molecule has 0 saturated heterocycles. The summed E-state index contributed by atoms with van der Waals surface area (Å²) >= 11 is 0. The number of imidazole rings is 1. The third-order valence-corrected chi connectivity index (χ3v) is 3.19. The van der Waals surface area contributed by atoms with Gasteiger partial charge < -0.3 is 14.6 Å². The molecule has 1 N–H and O–H groups in total. The molecule has 4 heteroatoms. The highest BCUT2D eigenvalue weighted by Crippen LogP contribution is 2.18. The predicted octanol–water partition coefficient (Wildman–Crippen LogP) is 2.31. The summed E-state index contributed by atoms with van der Waals surface area (Å²) in [6.45, 7) is 2.04. The number of hydrogen-bond acceptors (Lipinski definition) is 3. The first kappa shape index (κ1) is 12.4. The minimum atomic E-state index is 0.547. The van der Waals surface area contributed by atoms with E-state index in [-0.39, 0.29) is 0 Å². The van der Waals surface area contributed by atoms with Gasteiger partial charge in [-0.15, -0.1) is 0 Å². The molecule has 0 amide bonds. The maximum atomic E-state index is 5.66. The molecule has 0 spiro atoms. The van der Waals surface area contributed by atoms with Crippen LogP contribution in [0.3, 0.4) is 0 Å². The number of nitrogens with zero attached hydrogens (tertiary/aromatic N) is 2. The summed E-state index contributed by atoms with van der Waals surface area (Å²) in [6, 6.07) is 10.9. The Bertz CT molecular complexity index is 505. The van der Waals surface area contributed by atoms with Crippen LogP contribution in [0.25, 0.3) is 0 Å². The first-order valence-electron chi connectivity index (χ1n) is 6.76. The highest BCUT2D eigenvalue weighted by atomic mass is 16.5. The molecule has 1 heterocycles. The van der Waals surface area contributed by atoms with E-state index in [4.69, 9.17) is 4.74 Å². The third-order valence-electron chi connectivity index (χ3n) is 3.19. The largest absolute Gasteiger partial charge is 0.356 e. The van der Waals surface area contributed by atoms with Crippen molar-refractivity contribution in [3.8, 4) is 0 Å². The minimum absolute atomic E-state index is 0.547. The summed E-state index contributed by atoms with van der Waals surface area (Å²) in [5.74, 6) is 0. The first-order chi connectivity index (χ1) is 9.40. The standard InChI is InChI=1S/C15H19N3O/c1-2-4-13(5-3-1)10-19-12-18-9-15(17-11-18)8-16-14-6-7-14/h1-5,9,11,14,16H,6-8,10,12H2. The molecule has 0 radical (unpaired) electrons. The van der Waals surface area contributed by atoms with Crippen LogP contribution in [0.1, 0.15) is 24.1 Å². The number of benzene rings is 1. The van der Waals surface area contributed by atoms with Crippen LogP contribution < -0.4 is 5.32 Å². The van der Waals surface area contributed by atoms with Crippen molar-refractivity contribution in [1.29, 1.82) is 0 Å². The van der Waals surface area contributed by atoms with Crippen LogP contribution in [0.4, 0.5) is 0 Å². The van der Waals surface area contributed by atoms with Crippen LogP contribution in [0.5, 0.6) is 0 Å². The summed E-state index contributed by atoms with van der Waals surface area (Å²) in [5.41, 5.74) is 2.27. The minimum Gasteiger partial charge on any atom is -0.356 e. The van der Waals surface area contributed by atoms with Crippen LogP contribution >= 0.6 is 0 Å². The quantitative estimate of drug-likeness (QED) is 0.827. The topological polar surface area (TPSA) is 39.1 Å². The van der Waals surface area contributed by atoms with Gasteiger partial charge in [-0.2, -0.15) is 0 Å². The van der Waals surface area contributed by atoms with E-state index in [0.717, 1.165) is 18.3 Å². The van der Waals surface area contributed by atoms with Gasteiger partial charge in [0.2, 0.25) is 0 Å². The van der Waals surface area contributed by atoms with Crippen molar-refractivity contribution in [1.82, 2.24) is 14.9 Å². The zero-order valence-corrected chi connectivity index (χ0v) is 11.0. The molecule has 1 aromatic carbocycles. The molecular weight excluding hydrogens is 238 g/mol. The Kier molecular flexibility index (Phi) is 3.91. The second-order valence-corrected chi connectivity index (χ2v) is 5.00. The van der Waals surface area contributed by atoms with Crippen molar-refractivity contribution in [2.24, 2.45) is 0 Å². The lowest BCUT2D eigenvalue weighted by Gasteiger charge is -2.04. The molecule has 0 atom stereocenters. The predicted molar refractivity (Wildman–Crippen MR) is 73.3 cm³/mol. The smallest absolute Gasteiger partial charge is 0.124 e. The SMILES string of the molecule is c1ccc(COCn2cnc(CNC3CC3)c2)cc1. The molecule has 0 aliphatic heterocycles. The molecule has 1 saturated carbocycles. The molecule has 1 aliphatic rings. The van der Waals surface area contributed by atoms with Crippen molar-refractivity contribution >= 4 is 0 Å². The molecule has 1 aliphatic carbocycles. The van der Waals surface area contributed by atoms with Gasteiger partial charge in [0.05, 0.1) is 18.6 Å². The van der Waals surface area contributed by atoms with Gasteiger partial charge in [0.25, 0.3) is 0 Å². The molecule has 3 rings (SSSR count). The van der Waals surface area contributed by atoms with E-state index < -0.39 is 0 Å². The molecule has 1 fully saturated rings. The van der Waals surface area contributed by atoms with Gasteiger partial charge >= 0.3 is 0 Å². The Morgan fingerprint density at radius 1 is 1.26 bits per heavy atom. The molecular formula is C15H19N3O. The summed E-state index contributed by atoms with van der Waals surface area (Å²) < 4.78 is 7.64. The lowest BCUT2D eigenvalue weighted by Crippen LogP contribution is -2.15. The molecule has 0 bridgehead atoms. The Labute approximate surface area is 113 Å². The van der Waals surface area contributed by atoms with E-state index in [1.54, 1.807) is 0 Å². The number of rotatable bonds is 7. The molecule has 19 heavy (non-hydrogen) atoms. The van der Waals surface area contributed by atoms with E-state index in [2.05, 4.69) is 22.4 Å². The van der Waals surface area contributed by atoms with Crippen molar-refractivity contribution < 1.29 is 4.74 Å². The zero-order valence-electron chi connectivity index (χ0n) is 11.0. The molecule has 2 aromatic rings. The molecule has 4 nitrogen and oxygen atoms in total. The summed E-state index contributed by atoms with van der Waals surface area (Å²) in [5, 5.41) is 3.45. The van der Waals surface area contributed by atoms with Crippen molar-refractivity contribution in [3.63, 3.8) is 0 Å². The van der Waals surface area contributed by atoms with Crippen molar-refractivity contribution in [3.05, 3.63) is 54.1 Å². The van der Waals surface area contributed by atoms with E-state index in [1.165, 1.54) is 18.4 Å². The lowest BCUT2D eigenvalue weighted by molar-refractivity contribution is 0.0639. The fourth-order valence-corrected chi connectivity index (χ4v) is 1.95. The van der Waals surface area contributed by atoms with Gasteiger partial charge in [-0.1, -0.05) is 30.3 Å². The van der Waals surface area contributed by atoms with E-state index in [9.17, 15) is 0 Å². The number of nitrogens with one attached hydrogen (secondary N) is 1. The monoisotopic (exact) mass is 257 g/mol. The second kappa shape index (κ2) is 5.99. The van der Waals surface area contributed by atoms with Crippen LogP contribution in [-0.4, -0.2) is 15.6 Å². The Morgan fingerprint density at radius 2 is 2.11 bits per heavy atom. The van der Waals surface area contributed by atoms with E-state index in [0.29, 0.717) is 13.3 Å². The summed E-state index contributed by atoms with van der Waals surface area (Å²) in [6.07, 6.45) is 6.48. The van der Waals surface area contributed by atoms with Gasteiger partial charge in [0, 0.05) is 18.8 Å². The van der Waals surface area contributed by atoms with Gasteiger partial charge in [0.15, 0.2) is 0 Å². The van der Waals surface area contributed by atoms with Crippen LogP contribution in [-0.2, 0) is 24.6 Å². The van der Waals surface area contributed by atoms with Crippen LogP contribution in [0, 0.1) is 0 Å². The third kappa shape index (κ3) is 3.91.